The molecule has 2 aliphatic carbocycles. The van der Waals surface area contributed by atoms with Crippen molar-refractivity contribution in [1.29, 1.82) is 0 Å². The van der Waals surface area contributed by atoms with Crippen molar-refractivity contribution in [2.75, 3.05) is 0 Å². The van der Waals surface area contributed by atoms with Gasteiger partial charge in [0.2, 0.25) is 0 Å². The van der Waals surface area contributed by atoms with E-state index in [0.29, 0.717) is 0 Å². The monoisotopic (exact) mass is 347 g/mol. The minimum atomic E-state index is 1.17. The van der Waals surface area contributed by atoms with Crippen molar-refractivity contribution in [3.8, 4) is 11.1 Å². The Labute approximate surface area is 159 Å². The molecular formula is C26H21N. The Morgan fingerprint density at radius 3 is 2.67 bits per heavy atom. The van der Waals surface area contributed by atoms with Crippen LogP contribution in [0.2, 0.25) is 0 Å². The van der Waals surface area contributed by atoms with Crippen LogP contribution in [0.4, 0.5) is 0 Å². The van der Waals surface area contributed by atoms with Crippen LogP contribution in [0.5, 0.6) is 0 Å². The van der Waals surface area contributed by atoms with Crippen LogP contribution in [0.25, 0.3) is 33.0 Å². The highest BCUT2D eigenvalue weighted by Crippen LogP contribution is 2.42. The Morgan fingerprint density at radius 1 is 0.667 bits per heavy atom. The highest BCUT2D eigenvalue weighted by Gasteiger charge is 2.21. The summed E-state index contributed by atoms with van der Waals surface area (Å²) in [5.74, 6) is 0. The number of allylic oxidation sites excluding steroid dienone is 4. The van der Waals surface area contributed by atoms with Crippen molar-refractivity contribution in [2.45, 2.75) is 25.7 Å². The van der Waals surface area contributed by atoms with Crippen LogP contribution in [0.15, 0.2) is 84.7 Å². The van der Waals surface area contributed by atoms with Crippen LogP contribution in [0.3, 0.4) is 0 Å². The molecule has 1 nitrogen and oxygen atoms in total. The summed E-state index contributed by atoms with van der Waals surface area (Å²) in [7, 11) is 0. The fourth-order valence-electron chi connectivity index (χ4n) is 4.99. The number of pyridine rings is 1. The molecule has 2 aromatic heterocycles. The van der Waals surface area contributed by atoms with Crippen molar-refractivity contribution < 1.29 is 0 Å². The molecule has 0 atom stereocenters. The van der Waals surface area contributed by atoms with Gasteiger partial charge >= 0.3 is 0 Å². The zero-order chi connectivity index (χ0) is 17.8. The average Bonchev–Trinajstić information content (AvgIpc) is 3.17. The number of hydrogen-bond acceptors (Lipinski definition) is 0. The lowest BCUT2D eigenvalue weighted by atomic mass is 9.79. The van der Waals surface area contributed by atoms with Gasteiger partial charge in [0.1, 0.15) is 0 Å². The van der Waals surface area contributed by atoms with Gasteiger partial charge in [-0.25, -0.2) is 0 Å². The molecule has 0 amide bonds. The molecule has 0 saturated carbocycles. The molecule has 0 unspecified atom stereocenters. The van der Waals surface area contributed by atoms with Crippen molar-refractivity contribution in [1.82, 2.24) is 4.40 Å². The number of benzene rings is 2. The summed E-state index contributed by atoms with van der Waals surface area (Å²) in [6, 6.07) is 20.2. The maximum absolute atomic E-state index is 2.36. The Bertz CT molecular complexity index is 1270. The van der Waals surface area contributed by atoms with E-state index < -0.39 is 0 Å². The normalized spacial score (nSPS) is 16.0. The molecule has 0 spiro atoms. The van der Waals surface area contributed by atoms with Gasteiger partial charge in [0.05, 0.1) is 5.52 Å². The number of aryl methyl sites for hydroxylation is 1. The van der Waals surface area contributed by atoms with Gasteiger partial charge in [-0.05, 0) is 76.9 Å². The molecule has 1 heteroatoms. The van der Waals surface area contributed by atoms with Crippen LogP contribution in [0.1, 0.15) is 30.4 Å². The molecule has 2 heterocycles. The third-order valence-corrected chi connectivity index (χ3v) is 6.28. The minimum absolute atomic E-state index is 1.17. The van der Waals surface area contributed by atoms with Crippen molar-refractivity contribution in [3.63, 3.8) is 0 Å². The molecule has 6 rings (SSSR count). The van der Waals surface area contributed by atoms with Crippen LogP contribution in [-0.4, -0.2) is 4.40 Å². The number of fused-ring (bicyclic) bond motifs is 5. The molecular weight excluding hydrogens is 326 g/mol. The molecule has 0 bridgehead atoms. The molecule has 0 radical (unpaired) electrons. The van der Waals surface area contributed by atoms with Crippen molar-refractivity contribution in [3.05, 3.63) is 95.8 Å². The van der Waals surface area contributed by atoms with E-state index in [2.05, 4.69) is 83.5 Å². The fourth-order valence-corrected chi connectivity index (χ4v) is 4.99. The lowest BCUT2D eigenvalue weighted by molar-refractivity contribution is 0.831. The molecule has 2 aromatic carbocycles. The topological polar surface area (TPSA) is 4.41 Å². The van der Waals surface area contributed by atoms with E-state index in [1.165, 1.54) is 69.8 Å². The van der Waals surface area contributed by atoms with Gasteiger partial charge < -0.3 is 4.40 Å². The predicted octanol–water partition coefficient (Wildman–Crippen LogP) is 6.81. The molecule has 27 heavy (non-hydrogen) atoms. The molecule has 0 N–H and O–H groups in total. The van der Waals surface area contributed by atoms with Gasteiger partial charge in [-0.3, -0.25) is 0 Å². The van der Waals surface area contributed by atoms with Gasteiger partial charge in [0.15, 0.2) is 0 Å². The maximum Gasteiger partial charge on any atom is 0.0528 e. The number of hydrogen-bond donors (Lipinski definition) is 0. The second kappa shape index (κ2) is 5.72. The van der Waals surface area contributed by atoms with E-state index in [1.54, 1.807) is 5.57 Å². The highest BCUT2D eigenvalue weighted by atomic mass is 14.8. The van der Waals surface area contributed by atoms with Gasteiger partial charge in [0, 0.05) is 18.0 Å². The largest absolute Gasteiger partial charge is 0.323 e. The summed E-state index contributed by atoms with van der Waals surface area (Å²) in [4.78, 5) is 0. The second-order valence-corrected chi connectivity index (χ2v) is 7.67. The van der Waals surface area contributed by atoms with E-state index in [0.717, 1.165) is 0 Å². The van der Waals surface area contributed by atoms with Crippen LogP contribution < -0.4 is 0 Å². The minimum Gasteiger partial charge on any atom is -0.323 e. The Morgan fingerprint density at radius 2 is 1.67 bits per heavy atom. The Kier molecular flexibility index (Phi) is 3.19. The molecule has 4 aromatic rings. The lowest BCUT2D eigenvalue weighted by Gasteiger charge is -2.25. The summed E-state index contributed by atoms with van der Waals surface area (Å²) in [6.07, 6.45) is 13.8. The highest BCUT2D eigenvalue weighted by molar-refractivity contribution is 6.04. The maximum atomic E-state index is 2.36. The summed E-state index contributed by atoms with van der Waals surface area (Å²) < 4.78 is 2.20. The van der Waals surface area contributed by atoms with Crippen molar-refractivity contribution in [2.24, 2.45) is 0 Å². The van der Waals surface area contributed by atoms with Crippen molar-refractivity contribution >= 4 is 21.9 Å². The van der Waals surface area contributed by atoms with Crippen LogP contribution in [0, 0.1) is 0 Å². The summed E-state index contributed by atoms with van der Waals surface area (Å²) in [5.41, 5.74) is 10.0. The quantitative estimate of drug-likeness (QED) is 0.356. The Hall–Kier alpha value is -3.06. The van der Waals surface area contributed by atoms with Gasteiger partial charge in [-0.1, -0.05) is 54.1 Å². The zero-order valence-corrected chi connectivity index (χ0v) is 15.3. The number of nitrogens with zero attached hydrogens (tertiary/aromatic N) is 1. The van der Waals surface area contributed by atoms with Gasteiger partial charge in [-0.15, -0.1) is 0 Å². The van der Waals surface area contributed by atoms with E-state index in [-0.39, 0.29) is 0 Å². The van der Waals surface area contributed by atoms with E-state index in [1.807, 2.05) is 0 Å². The lowest BCUT2D eigenvalue weighted by Crippen LogP contribution is -2.07. The number of aromatic nitrogens is 1. The first-order chi connectivity index (χ1) is 13.4. The predicted molar refractivity (Wildman–Crippen MR) is 114 cm³/mol. The first kappa shape index (κ1) is 15.0. The fraction of sp³-hybridized carbons (Fsp3) is 0.154. The molecule has 0 aliphatic heterocycles. The summed E-state index contributed by atoms with van der Waals surface area (Å²) >= 11 is 0. The smallest absolute Gasteiger partial charge is 0.0528 e. The standard InChI is InChI=1S/C26H21N/c1-2-7-19-18(6-1)11-12-23-20-8-5-9-21(24(20)14-13-22(19)23)25-15-17-27-16-4-3-10-26(25)27/h2-5,7-10,13-17H,1,6,11-12H2. The average molecular weight is 347 g/mol. The number of rotatable bonds is 1. The molecule has 130 valence electrons. The zero-order valence-electron chi connectivity index (χ0n) is 15.3. The summed E-state index contributed by atoms with van der Waals surface area (Å²) in [6.45, 7) is 0. The third-order valence-electron chi connectivity index (χ3n) is 6.28. The van der Waals surface area contributed by atoms with E-state index in [4.69, 9.17) is 0 Å². The van der Waals surface area contributed by atoms with E-state index in [9.17, 15) is 0 Å². The first-order valence-corrected chi connectivity index (χ1v) is 9.90. The molecule has 2 aliphatic rings. The van der Waals surface area contributed by atoms with E-state index >= 15 is 0 Å². The van der Waals surface area contributed by atoms with Crippen LogP contribution >= 0.6 is 0 Å². The van der Waals surface area contributed by atoms with Gasteiger partial charge in [0.25, 0.3) is 0 Å². The van der Waals surface area contributed by atoms with Gasteiger partial charge in [-0.2, -0.15) is 0 Å². The second-order valence-electron chi connectivity index (χ2n) is 7.67. The third kappa shape index (κ3) is 2.18. The molecule has 0 saturated heterocycles. The molecule has 0 fully saturated rings. The summed E-state index contributed by atoms with van der Waals surface area (Å²) in [5, 5.41) is 2.79. The Balaban J connectivity index is 1.62. The van der Waals surface area contributed by atoms with Crippen LogP contribution in [-0.2, 0) is 6.42 Å². The SMILES string of the molecule is C1=CC2=C(CC1)CCc1c2ccc2c(-c3ccn4ccccc34)cccc12. The first-order valence-electron chi connectivity index (χ1n) is 9.90.